The molecular formula is C62H44. The van der Waals surface area contributed by atoms with E-state index in [0.717, 1.165) is 0 Å². The zero-order valence-electron chi connectivity index (χ0n) is 35.2. The molecule has 0 aliphatic carbocycles. The average molecular weight is 789 g/mol. The average Bonchev–Trinajstić information content (AvgIpc) is 3.31. The topological polar surface area (TPSA) is 0 Å². The lowest BCUT2D eigenvalue weighted by Gasteiger charge is -2.27. The fourth-order valence-electron chi connectivity index (χ4n) is 10.8. The molecule has 0 atom stereocenters. The summed E-state index contributed by atoms with van der Waals surface area (Å²) in [6.45, 7) is 7.09. The van der Waals surface area contributed by atoms with Crippen molar-refractivity contribution in [2.45, 2.75) is 26.2 Å². The normalized spacial score (nSPS) is 12.1. The van der Waals surface area contributed by atoms with E-state index >= 15 is 0 Å². The second-order valence-electron chi connectivity index (χ2n) is 17.9. The zero-order valence-corrected chi connectivity index (χ0v) is 35.2. The monoisotopic (exact) mass is 788 g/mol. The van der Waals surface area contributed by atoms with Gasteiger partial charge in [0, 0.05) is 0 Å². The Balaban J connectivity index is 1.12. The minimum atomic E-state index is -0.0972. The van der Waals surface area contributed by atoms with Gasteiger partial charge in [-0.1, -0.05) is 227 Å². The van der Waals surface area contributed by atoms with E-state index in [-0.39, 0.29) is 5.41 Å². The predicted molar refractivity (Wildman–Crippen MR) is 269 cm³/mol. The van der Waals surface area contributed by atoms with Gasteiger partial charge >= 0.3 is 0 Å². The van der Waals surface area contributed by atoms with Crippen LogP contribution in [0.2, 0.25) is 0 Å². The number of fused-ring (bicyclic) bond motifs is 7. The molecule has 0 radical (unpaired) electrons. The first-order valence-corrected chi connectivity index (χ1v) is 21.9. The first kappa shape index (κ1) is 36.3. The van der Waals surface area contributed by atoms with E-state index in [1.54, 1.807) is 0 Å². The summed E-state index contributed by atoms with van der Waals surface area (Å²) >= 11 is 0. The summed E-state index contributed by atoms with van der Waals surface area (Å²) < 4.78 is 0. The lowest BCUT2D eigenvalue weighted by atomic mass is 9.77. The Hall–Kier alpha value is -7.54. The number of benzene rings is 12. The van der Waals surface area contributed by atoms with E-state index in [4.69, 9.17) is 0 Å². The molecule has 0 heteroatoms. The zero-order chi connectivity index (χ0) is 41.5. The molecule has 0 saturated carbocycles. The van der Waals surface area contributed by atoms with Gasteiger partial charge < -0.3 is 0 Å². The molecule has 62 heavy (non-hydrogen) atoms. The van der Waals surface area contributed by atoms with Crippen LogP contribution >= 0.6 is 0 Å². The maximum Gasteiger partial charge on any atom is -0.00201 e. The summed E-state index contributed by atoms with van der Waals surface area (Å²) in [6, 6.07) is 79.2. The van der Waals surface area contributed by atoms with Gasteiger partial charge in [-0.25, -0.2) is 0 Å². The highest BCUT2D eigenvalue weighted by atomic mass is 14.3. The highest BCUT2D eigenvalue weighted by Gasteiger charge is 2.25. The number of hydrogen-bond acceptors (Lipinski definition) is 0. The molecule has 0 unspecified atom stereocenters. The van der Waals surface area contributed by atoms with E-state index in [1.165, 1.54) is 125 Å². The van der Waals surface area contributed by atoms with Crippen molar-refractivity contribution in [1.82, 2.24) is 0 Å². The van der Waals surface area contributed by atoms with Crippen LogP contribution in [0.3, 0.4) is 0 Å². The quantitative estimate of drug-likeness (QED) is 0.156. The smallest absolute Gasteiger partial charge is 0.00201 e. The van der Waals surface area contributed by atoms with Crippen LogP contribution in [0.1, 0.15) is 26.3 Å². The van der Waals surface area contributed by atoms with Gasteiger partial charge in [0.1, 0.15) is 0 Å². The molecule has 0 heterocycles. The van der Waals surface area contributed by atoms with Gasteiger partial charge in [0.2, 0.25) is 0 Å². The molecule has 12 rings (SSSR count). The van der Waals surface area contributed by atoms with Crippen LogP contribution in [0, 0.1) is 0 Å². The lowest BCUT2D eigenvalue weighted by molar-refractivity contribution is 0.601. The van der Waals surface area contributed by atoms with Crippen molar-refractivity contribution in [2.75, 3.05) is 0 Å². The third-order valence-electron chi connectivity index (χ3n) is 13.3. The van der Waals surface area contributed by atoms with Crippen molar-refractivity contribution in [1.29, 1.82) is 0 Å². The van der Waals surface area contributed by atoms with Crippen LogP contribution in [0.25, 0.3) is 120 Å². The van der Waals surface area contributed by atoms with Crippen molar-refractivity contribution in [3.05, 3.63) is 218 Å². The number of rotatable bonds is 4. The van der Waals surface area contributed by atoms with Crippen molar-refractivity contribution in [3.63, 3.8) is 0 Å². The third kappa shape index (κ3) is 5.53. The van der Waals surface area contributed by atoms with Gasteiger partial charge in [-0.3, -0.25) is 0 Å². The molecule has 0 bridgehead atoms. The Bertz CT molecular complexity index is 3710. The first-order chi connectivity index (χ1) is 30.4. The lowest BCUT2D eigenvalue weighted by Crippen LogP contribution is -2.13. The summed E-state index contributed by atoms with van der Waals surface area (Å²) in [5, 5.41) is 17.9. The molecule has 12 aromatic carbocycles. The summed E-state index contributed by atoms with van der Waals surface area (Å²) in [7, 11) is 0. The first-order valence-electron chi connectivity index (χ1n) is 21.9. The molecule has 12 aromatic rings. The maximum atomic E-state index is 2.49. The fraction of sp³-hybridized carbons (Fsp3) is 0.0645. The largest absolute Gasteiger partial charge is 0.0616 e. The summed E-state index contributed by atoms with van der Waals surface area (Å²) in [5.74, 6) is 0. The maximum absolute atomic E-state index is 2.49. The van der Waals surface area contributed by atoms with Crippen LogP contribution in [0.5, 0.6) is 0 Å². The molecule has 0 nitrogen and oxygen atoms in total. The van der Waals surface area contributed by atoms with Crippen LogP contribution in [0.15, 0.2) is 212 Å². The number of hydrogen-bond donors (Lipinski definition) is 0. The Morgan fingerprint density at radius 2 is 0.581 bits per heavy atom. The van der Waals surface area contributed by atoms with Crippen LogP contribution in [-0.4, -0.2) is 0 Å². The molecule has 0 aliphatic heterocycles. The summed E-state index contributed by atoms with van der Waals surface area (Å²) in [4.78, 5) is 0. The predicted octanol–water partition coefficient (Wildman–Crippen LogP) is 17.7. The highest BCUT2D eigenvalue weighted by molar-refractivity contribution is 6.26. The standard InChI is InChI=1S/C62H44/c1-62(2,3)61-56-31-15-14-30-53(56)59(48-33-17-21-40-19-5-7-23-43(40)48)55-35-34-41(38-57(55)61)44-36-37-54(46-25-9-8-24-45(44)46)60-51-28-12-10-26-49(51)58(50-27-11-13-29-52(50)60)47-32-16-20-39-18-4-6-22-42(39)47/h4-38H,1-3H3. The van der Waals surface area contributed by atoms with Crippen molar-refractivity contribution < 1.29 is 0 Å². The van der Waals surface area contributed by atoms with E-state index in [0.29, 0.717) is 0 Å². The fourth-order valence-corrected chi connectivity index (χ4v) is 10.8. The second-order valence-corrected chi connectivity index (χ2v) is 17.9. The Morgan fingerprint density at radius 3 is 1.06 bits per heavy atom. The molecule has 0 fully saturated rings. The molecule has 0 aliphatic rings. The van der Waals surface area contributed by atoms with Gasteiger partial charge in [0.15, 0.2) is 0 Å². The minimum absolute atomic E-state index is 0.0972. The molecule has 0 aromatic heterocycles. The minimum Gasteiger partial charge on any atom is -0.0616 e. The van der Waals surface area contributed by atoms with E-state index in [1.807, 2.05) is 0 Å². The molecule has 0 amide bonds. The van der Waals surface area contributed by atoms with E-state index in [9.17, 15) is 0 Å². The van der Waals surface area contributed by atoms with Gasteiger partial charge in [-0.05, 0) is 137 Å². The van der Waals surface area contributed by atoms with Gasteiger partial charge in [0.25, 0.3) is 0 Å². The third-order valence-corrected chi connectivity index (χ3v) is 13.3. The van der Waals surface area contributed by atoms with Crippen LogP contribution in [0.4, 0.5) is 0 Å². The molecule has 0 spiro atoms. The summed E-state index contributed by atoms with van der Waals surface area (Å²) in [5.41, 5.74) is 11.4. The van der Waals surface area contributed by atoms with E-state index < -0.39 is 0 Å². The van der Waals surface area contributed by atoms with Crippen LogP contribution in [-0.2, 0) is 5.41 Å². The Labute approximate surface area is 362 Å². The van der Waals surface area contributed by atoms with Crippen molar-refractivity contribution in [2.24, 2.45) is 0 Å². The van der Waals surface area contributed by atoms with Gasteiger partial charge in [0.05, 0.1) is 0 Å². The molecular weight excluding hydrogens is 745 g/mol. The SMILES string of the molecule is CC(C)(C)c1c2ccccc2c(-c2cccc3ccccc23)c2ccc(-c3ccc(-c4c5ccccc5c(-c5cccc6ccccc56)c5ccccc45)c4ccccc34)cc12. The van der Waals surface area contributed by atoms with Crippen LogP contribution < -0.4 is 0 Å². The van der Waals surface area contributed by atoms with E-state index in [2.05, 4.69) is 233 Å². The van der Waals surface area contributed by atoms with Gasteiger partial charge in [-0.15, -0.1) is 0 Å². The highest BCUT2D eigenvalue weighted by Crippen LogP contribution is 2.49. The molecule has 0 saturated heterocycles. The van der Waals surface area contributed by atoms with Crippen molar-refractivity contribution in [3.8, 4) is 44.5 Å². The molecule has 292 valence electrons. The van der Waals surface area contributed by atoms with Crippen molar-refractivity contribution >= 4 is 75.4 Å². The summed E-state index contributed by atoms with van der Waals surface area (Å²) in [6.07, 6.45) is 0. The molecule has 0 N–H and O–H groups in total. The van der Waals surface area contributed by atoms with Gasteiger partial charge in [-0.2, -0.15) is 0 Å². The second kappa shape index (κ2) is 14.0. The Morgan fingerprint density at radius 1 is 0.242 bits per heavy atom. The Kier molecular flexibility index (Phi) is 8.21.